The van der Waals surface area contributed by atoms with E-state index in [4.69, 9.17) is 5.11 Å². The normalized spacial score (nSPS) is 10.8. The molecule has 64 valence electrons. The van der Waals surface area contributed by atoms with Gasteiger partial charge in [0.05, 0.1) is 0 Å². The molecule has 1 heterocycles. The average Bonchev–Trinajstić information content (AvgIpc) is 2.48. The predicted molar refractivity (Wildman–Crippen MR) is 47.0 cm³/mol. The van der Waals surface area contributed by atoms with Gasteiger partial charge in [-0.3, -0.25) is 0 Å². The van der Waals surface area contributed by atoms with Gasteiger partial charge in [0.25, 0.3) is 0 Å². The zero-order valence-electron chi connectivity index (χ0n) is 6.44. The molecular weight excluding hydrogens is 176 g/mol. The molecule has 0 aromatic carbocycles. The van der Waals surface area contributed by atoms with Gasteiger partial charge in [-0.05, 0) is 12.3 Å². The van der Waals surface area contributed by atoms with Crippen LogP contribution in [0.2, 0.25) is 0 Å². The Balaban J connectivity index is 2.70. The Morgan fingerprint density at radius 2 is 2.58 bits per heavy atom. The van der Waals surface area contributed by atoms with E-state index in [1.807, 2.05) is 6.26 Å². The first-order valence-electron chi connectivity index (χ1n) is 3.23. The summed E-state index contributed by atoms with van der Waals surface area (Å²) in [7, 11) is 0. The number of H-pyrrole nitrogens is 1. The van der Waals surface area contributed by atoms with Gasteiger partial charge in [-0.25, -0.2) is 9.78 Å². The second-order valence-electron chi connectivity index (χ2n) is 2.00. The molecule has 0 saturated heterocycles. The topological polar surface area (TPSA) is 66.0 Å². The van der Waals surface area contributed by atoms with Gasteiger partial charge >= 0.3 is 5.97 Å². The van der Waals surface area contributed by atoms with Crippen molar-refractivity contribution in [2.75, 3.05) is 6.26 Å². The number of thioether (sulfide) groups is 1. The summed E-state index contributed by atoms with van der Waals surface area (Å²) in [5, 5.41) is 9.15. The molecule has 1 rings (SSSR count). The molecule has 0 fully saturated rings. The smallest absolute Gasteiger partial charge is 0.328 e. The van der Waals surface area contributed by atoms with Crippen molar-refractivity contribution in [1.29, 1.82) is 0 Å². The lowest BCUT2D eigenvalue weighted by Crippen LogP contribution is -1.86. The minimum Gasteiger partial charge on any atom is -0.478 e. The molecule has 2 N–H and O–H groups in total. The third kappa shape index (κ3) is 2.43. The third-order valence-electron chi connectivity index (χ3n) is 1.17. The maximum atomic E-state index is 10.1. The standard InChI is InChI=1S/C7H8N2O2S/c1-12-6-4-8-5(9-6)2-3-7(10)11/h2-4H,1H3,(H,8,9)(H,10,11). The Labute approximate surface area is 73.7 Å². The van der Waals surface area contributed by atoms with Gasteiger partial charge in [-0.1, -0.05) is 0 Å². The molecule has 0 spiro atoms. The quantitative estimate of drug-likeness (QED) is 0.547. The van der Waals surface area contributed by atoms with Gasteiger partial charge in [0.2, 0.25) is 0 Å². The van der Waals surface area contributed by atoms with Crippen molar-refractivity contribution in [3.8, 4) is 0 Å². The molecule has 0 unspecified atom stereocenters. The SMILES string of the molecule is CSc1c[nH]c(C=CC(=O)O)n1. The molecule has 0 aliphatic heterocycles. The highest BCUT2D eigenvalue weighted by Gasteiger charge is 1.95. The molecule has 0 radical (unpaired) electrons. The molecule has 0 aliphatic carbocycles. The van der Waals surface area contributed by atoms with Crippen molar-refractivity contribution in [2.24, 2.45) is 0 Å². The summed E-state index contributed by atoms with van der Waals surface area (Å²) >= 11 is 1.50. The van der Waals surface area contributed by atoms with Crippen LogP contribution < -0.4 is 0 Å². The minimum atomic E-state index is -0.975. The van der Waals surface area contributed by atoms with Crippen molar-refractivity contribution in [1.82, 2.24) is 9.97 Å². The maximum absolute atomic E-state index is 10.1. The van der Waals surface area contributed by atoms with Crippen LogP contribution in [0.25, 0.3) is 6.08 Å². The Morgan fingerprint density at radius 1 is 1.83 bits per heavy atom. The van der Waals surface area contributed by atoms with E-state index in [1.54, 1.807) is 6.20 Å². The number of rotatable bonds is 3. The van der Waals surface area contributed by atoms with E-state index in [0.29, 0.717) is 5.82 Å². The van der Waals surface area contributed by atoms with Crippen molar-refractivity contribution in [3.63, 3.8) is 0 Å². The molecular formula is C7H8N2O2S. The second-order valence-corrected chi connectivity index (χ2v) is 2.83. The van der Waals surface area contributed by atoms with Crippen molar-refractivity contribution < 1.29 is 9.90 Å². The molecule has 5 heteroatoms. The Hall–Kier alpha value is -1.23. The monoisotopic (exact) mass is 184 g/mol. The number of aromatic nitrogens is 2. The first kappa shape index (κ1) is 8.86. The zero-order valence-corrected chi connectivity index (χ0v) is 7.26. The number of aliphatic carboxylic acids is 1. The van der Waals surface area contributed by atoms with Crippen molar-refractivity contribution in [3.05, 3.63) is 18.1 Å². The van der Waals surface area contributed by atoms with Gasteiger partial charge in [0.15, 0.2) is 0 Å². The summed E-state index contributed by atoms with van der Waals surface area (Å²) in [5.74, 6) is -0.418. The summed E-state index contributed by atoms with van der Waals surface area (Å²) in [5.41, 5.74) is 0. The lowest BCUT2D eigenvalue weighted by atomic mass is 10.5. The highest BCUT2D eigenvalue weighted by Crippen LogP contribution is 2.10. The van der Waals surface area contributed by atoms with E-state index >= 15 is 0 Å². The highest BCUT2D eigenvalue weighted by atomic mass is 32.2. The van der Waals surface area contributed by atoms with Crippen LogP contribution in [0.1, 0.15) is 5.82 Å². The summed E-state index contributed by atoms with van der Waals surface area (Å²) in [6.07, 6.45) is 6.10. The molecule has 4 nitrogen and oxygen atoms in total. The number of carbonyl (C=O) groups is 1. The van der Waals surface area contributed by atoms with Crippen LogP contribution in [-0.4, -0.2) is 27.3 Å². The van der Waals surface area contributed by atoms with Crippen molar-refractivity contribution >= 4 is 23.8 Å². The van der Waals surface area contributed by atoms with E-state index in [-0.39, 0.29) is 0 Å². The van der Waals surface area contributed by atoms with E-state index in [2.05, 4.69) is 9.97 Å². The van der Waals surface area contributed by atoms with Crippen LogP contribution in [0.3, 0.4) is 0 Å². The average molecular weight is 184 g/mol. The molecule has 0 atom stereocenters. The fourth-order valence-corrected chi connectivity index (χ4v) is 1.03. The zero-order chi connectivity index (χ0) is 8.97. The molecule has 0 amide bonds. The number of imidazole rings is 1. The largest absolute Gasteiger partial charge is 0.478 e. The molecule has 0 saturated carbocycles. The number of hydrogen-bond acceptors (Lipinski definition) is 3. The van der Waals surface area contributed by atoms with Gasteiger partial charge in [0.1, 0.15) is 10.9 Å². The number of carboxylic acids is 1. The van der Waals surface area contributed by atoms with Crippen molar-refractivity contribution in [2.45, 2.75) is 5.03 Å². The van der Waals surface area contributed by atoms with E-state index in [1.165, 1.54) is 17.8 Å². The van der Waals surface area contributed by atoms with Gasteiger partial charge < -0.3 is 10.1 Å². The van der Waals surface area contributed by atoms with Crippen LogP contribution in [0.4, 0.5) is 0 Å². The van der Waals surface area contributed by atoms with E-state index < -0.39 is 5.97 Å². The fraction of sp³-hybridized carbons (Fsp3) is 0.143. The lowest BCUT2D eigenvalue weighted by molar-refractivity contribution is -0.131. The first-order valence-corrected chi connectivity index (χ1v) is 4.45. The second kappa shape index (κ2) is 3.96. The fourth-order valence-electron chi connectivity index (χ4n) is 0.659. The third-order valence-corrected chi connectivity index (χ3v) is 1.79. The number of nitrogens with one attached hydrogen (secondary N) is 1. The summed E-state index contributed by atoms with van der Waals surface area (Å²) in [6.45, 7) is 0. The maximum Gasteiger partial charge on any atom is 0.328 e. The highest BCUT2D eigenvalue weighted by molar-refractivity contribution is 7.98. The number of hydrogen-bond donors (Lipinski definition) is 2. The first-order chi connectivity index (χ1) is 5.72. The number of carboxylic acid groups (broad SMARTS) is 1. The number of nitrogens with zero attached hydrogens (tertiary/aromatic N) is 1. The molecule has 0 aliphatic rings. The molecule has 1 aromatic rings. The Bertz CT molecular complexity index is 306. The minimum absolute atomic E-state index is 0.557. The summed E-state index contributed by atoms with van der Waals surface area (Å²) < 4.78 is 0. The molecule has 0 bridgehead atoms. The van der Waals surface area contributed by atoms with Gasteiger partial charge in [-0.15, -0.1) is 11.8 Å². The summed E-state index contributed by atoms with van der Waals surface area (Å²) in [4.78, 5) is 17.0. The molecule has 12 heavy (non-hydrogen) atoms. The Morgan fingerprint density at radius 3 is 3.08 bits per heavy atom. The van der Waals surface area contributed by atoms with Crippen LogP contribution in [0.5, 0.6) is 0 Å². The van der Waals surface area contributed by atoms with Crippen LogP contribution in [-0.2, 0) is 4.79 Å². The van der Waals surface area contributed by atoms with Crippen LogP contribution in [0, 0.1) is 0 Å². The van der Waals surface area contributed by atoms with Gasteiger partial charge in [-0.2, -0.15) is 0 Å². The van der Waals surface area contributed by atoms with Crippen LogP contribution >= 0.6 is 11.8 Å². The summed E-state index contributed by atoms with van der Waals surface area (Å²) in [6, 6.07) is 0. The predicted octanol–water partition coefficient (Wildman–Crippen LogP) is 1.23. The van der Waals surface area contributed by atoms with Crippen LogP contribution in [0.15, 0.2) is 17.3 Å². The Kier molecular flexibility index (Phi) is 2.93. The van der Waals surface area contributed by atoms with E-state index in [9.17, 15) is 4.79 Å². The van der Waals surface area contributed by atoms with E-state index in [0.717, 1.165) is 11.1 Å². The number of aromatic amines is 1. The molecule has 1 aromatic heterocycles. The van der Waals surface area contributed by atoms with Gasteiger partial charge in [0, 0.05) is 12.3 Å². The lowest BCUT2D eigenvalue weighted by Gasteiger charge is -1.82.